The van der Waals surface area contributed by atoms with Crippen LogP contribution in [0.25, 0.3) is 0 Å². The molecule has 0 unspecified atom stereocenters. The van der Waals surface area contributed by atoms with E-state index in [2.05, 4.69) is 18.2 Å². The molecule has 0 spiro atoms. The quantitative estimate of drug-likeness (QED) is 0.472. The van der Waals surface area contributed by atoms with Crippen LogP contribution < -0.4 is 0 Å². The summed E-state index contributed by atoms with van der Waals surface area (Å²) < 4.78 is 0. The monoisotopic (exact) mass is 189 g/mol. The van der Waals surface area contributed by atoms with Crippen LogP contribution in [0.15, 0.2) is 52.6 Å². The SMILES string of the molecule is C=C(C(=C)/C(C)=C/C=NC)/C(C)=C\C. The highest BCUT2D eigenvalue weighted by atomic mass is 14.6. The Balaban J connectivity index is 4.72. The van der Waals surface area contributed by atoms with E-state index in [1.165, 1.54) is 0 Å². The first-order chi connectivity index (χ1) is 6.54. The van der Waals surface area contributed by atoms with Gasteiger partial charge in [-0.1, -0.05) is 19.2 Å². The van der Waals surface area contributed by atoms with Crippen molar-refractivity contribution in [2.75, 3.05) is 7.05 Å². The molecule has 0 saturated heterocycles. The highest BCUT2D eigenvalue weighted by Crippen LogP contribution is 2.21. The average molecular weight is 189 g/mol. The van der Waals surface area contributed by atoms with Gasteiger partial charge >= 0.3 is 0 Å². The predicted octanol–water partition coefficient (Wildman–Crippen LogP) is 3.71. The third-order valence-electron chi connectivity index (χ3n) is 2.22. The molecule has 0 bridgehead atoms. The Kier molecular flexibility index (Phi) is 5.54. The highest BCUT2D eigenvalue weighted by Gasteiger charge is 2.02. The smallest absolute Gasteiger partial charge is 0.0277 e. The van der Waals surface area contributed by atoms with Gasteiger partial charge in [-0.3, -0.25) is 4.99 Å². The van der Waals surface area contributed by atoms with E-state index in [0.717, 1.165) is 22.3 Å². The third kappa shape index (κ3) is 3.56. The molecule has 0 saturated carbocycles. The molecule has 0 radical (unpaired) electrons. The van der Waals surface area contributed by atoms with Crippen molar-refractivity contribution in [2.45, 2.75) is 20.8 Å². The fourth-order valence-electron chi connectivity index (χ4n) is 0.937. The van der Waals surface area contributed by atoms with E-state index >= 15 is 0 Å². The van der Waals surface area contributed by atoms with Gasteiger partial charge in [-0.05, 0) is 49.1 Å². The van der Waals surface area contributed by atoms with Gasteiger partial charge in [0.25, 0.3) is 0 Å². The van der Waals surface area contributed by atoms with Gasteiger partial charge in [0, 0.05) is 13.3 Å². The van der Waals surface area contributed by atoms with Crippen LogP contribution in [0.5, 0.6) is 0 Å². The number of hydrogen-bond donors (Lipinski definition) is 0. The zero-order chi connectivity index (χ0) is 11.1. The minimum Gasteiger partial charge on any atom is -0.297 e. The van der Waals surface area contributed by atoms with Crippen LogP contribution in [-0.2, 0) is 0 Å². The van der Waals surface area contributed by atoms with E-state index in [1.54, 1.807) is 13.3 Å². The number of nitrogens with zero attached hydrogens (tertiary/aromatic N) is 1. The van der Waals surface area contributed by atoms with Crippen molar-refractivity contribution in [1.29, 1.82) is 0 Å². The fraction of sp³-hybridized carbons (Fsp3) is 0.308. The molecule has 0 aliphatic rings. The maximum Gasteiger partial charge on any atom is 0.0277 e. The van der Waals surface area contributed by atoms with Gasteiger partial charge in [-0.15, -0.1) is 0 Å². The molecule has 0 aromatic carbocycles. The van der Waals surface area contributed by atoms with Crippen molar-refractivity contribution in [1.82, 2.24) is 0 Å². The molecular weight excluding hydrogens is 170 g/mol. The summed E-state index contributed by atoms with van der Waals surface area (Å²) in [5.41, 5.74) is 4.23. The first kappa shape index (κ1) is 12.6. The Morgan fingerprint density at radius 3 is 2.00 bits per heavy atom. The number of aliphatic imine (C=N–C) groups is 1. The molecule has 0 fully saturated rings. The topological polar surface area (TPSA) is 12.4 Å². The van der Waals surface area contributed by atoms with Crippen LogP contribution in [0.2, 0.25) is 0 Å². The Morgan fingerprint density at radius 1 is 1.07 bits per heavy atom. The van der Waals surface area contributed by atoms with Gasteiger partial charge in [-0.2, -0.15) is 0 Å². The number of allylic oxidation sites excluding steroid dienone is 6. The standard InChI is InChI=1S/C13H19N/c1-7-10(2)12(4)13(5)11(3)8-9-14-6/h7-9H,4-5H2,1-3,6H3/b10-7-,11-8+,14-9?. The largest absolute Gasteiger partial charge is 0.297 e. The minimum absolute atomic E-state index is 0.973. The maximum absolute atomic E-state index is 4.01. The van der Waals surface area contributed by atoms with Crippen LogP contribution in [0.1, 0.15) is 20.8 Å². The number of rotatable bonds is 4. The second-order valence-electron chi connectivity index (χ2n) is 3.19. The summed E-state index contributed by atoms with van der Waals surface area (Å²) in [5.74, 6) is 0. The molecular formula is C13H19N. The van der Waals surface area contributed by atoms with Gasteiger partial charge in [-0.25, -0.2) is 0 Å². The highest BCUT2D eigenvalue weighted by molar-refractivity contribution is 5.74. The molecule has 76 valence electrons. The molecule has 0 rings (SSSR count). The Labute approximate surface area is 87.3 Å². The second-order valence-corrected chi connectivity index (χ2v) is 3.19. The zero-order valence-corrected chi connectivity index (χ0v) is 9.59. The Hall–Kier alpha value is -1.37. The van der Waals surface area contributed by atoms with E-state index in [9.17, 15) is 0 Å². The third-order valence-corrected chi connectivity index (χ3v) is 2.22. The first-order valence-corrected chi connectivity index (χ1v) is 4.65. The Bertz CT molecular complexity index is 314. The predicted molar refractivity (Wildman–Crippen MR) is 65.9 cm³/mol. The molecule has 0 aliphatic carbocycles. The van der Waals surface area contributed by atoms with Gasteiger partial charge in [0.1, 0.15) is 0 Å². The van der Waals surface area contributed by atoms with Gasteiger partial charge in [0.05, 0.1) is 0 Å². The summed E-state index contributed by atoms with van der Waals surface area (Å²) in [4.78, 5) is 3.90. The van der Waals surface area contributed by atoms with Gasteiger partial charge in [0.15, 0.2) is 0 Å². The van der Waals surface area contributed by atoms with Gasteiger partial charge < -0.3 is 0 Å². The summed E-state index contributed by atoms with van der Waals surface area (Å²) >= 11 is 0. The molecule has 0 amide bonds. The maximum atomic E-state index is 4.01. The van der Waals surface area contributed by atoms with Crippen LogP contribution in [0, 0.1) is 0 Å². The fourth-order valence-corrected chi connectivity index (χ4v) is 0.937. The molecule has 1 nitrogen and oxygen atoms in total. The molecule has 1 heteroatoms. The van der Waals surface area contributed by atoms with E-state index in [-0.39, 0.29) is 0 Å². The summed E-state index contributed by atoms with van der Waals surface area (Å²) in [6.45, 7) is 14.1. The molecule has 0 aliphatic heterocycles. The Morgan fingerprint density at radius 2 is 1.57 bits per heavy atom. The van der Waals surface area contributed by atoms with Crippen LogP contribution in [0.4, 0.5) is 0 Å². The van der Waals surface area contributed by atoms with Crippen molar-refractivity contribution in [3.8, 4) is 0 Å². The van der Waals surface area contributed by atoms with E-state index < -0.39 is 0 Å². The zero-order valence-electron chi connectivity index (χ0n) is 9.59. The van der Waals surface area contributed by atoms with E-state index in [1.807, 2.05) is 32.9 Å². The second kappa shape index (κ2) is 6.14. The lowest BCUT2D eigenvalue weighted by Crippen LogP contribution is -1.91. The normalized spacial score (nSPS) is 13.4. The van der Waals surface area contributed by atoms with Gasteiger partial charge in [0.2, 0.25) is 0 Å². The van der Waals surface area contributed by atoms with Crippen molar-refractivity contribution in [2.24, 2.45) is 4.99 Å². The van der Waals surface area contributed by atoms with Crippen molar-refractivity contribution in [3.63, 3.8) is 0 Å². The summed E-state index contributed by atoms with van der Waals surface area (Å²) in [5, 5.41) is 0. The summed E-state index contributed by atoms with van der Waals surface area (Å²) in [6, 6.07) is 0. The lowest BCUT2D eigenvalue weighted by molar-refractivity contribution is 1.32. The van der Waals surface area contributed by atoms with Crippen molar-refractivity contribution < 1.29 is 0 Å². The van der Waals surface area contributed by atoms with Crippen LogP contribution in [-0.4, -0.2) is 13.3 Å². The average Bonchev–Trinajstić information content (AvgIpc) is 2.22. The summed E-state index contributed by atoms with van der Waals surface area (Å²) in [7, 11) is 1.75. The van der Waals surface area contributed by atoms with Crippen LogP contribution in [0.3, 0.4) is 0 Å². The lowest BCUT2D eigenvalue weighted by atomic mass is 9.96. The van der Waals surface area contributed by atoms with E-state index in [0.29, 0.717) is 0 Å². The van der Waals surface area contributed by atoms with Crippen molar-refractivity contribution in [3.05, 3.63) is 47.6 Å². The van der Waals surface area contributed by atoms with Crippen molar-refractivity contribution >= 4 is 6.21 Å². The molecule has 0 N–H and O–H groups in total. The minimum atomic E-state index is 0.973. The molecule has 0 atom stereocenters. The first-order valence-electron chi connectivity index (χ1n) is 4.65. The molecule has 0 aromatic heterocycles. The van der Waals surface area contributed by atoms with Crippen LogP contribution >= 0.6 is 0 Å². The molecule has 0 aromatic rings. The molecule has 14 heavy (non-hydrogen) atoms. The van der Waals surface area contributed by atoms with E-state index in [4.69, 9.17) is 0 Å². The number of hydrogen-bond acceptors (Lipinski definition) is 1. The lowest BCUT2D eigenvalue weighted by Gasteiger charge is -2.09. The summed E-state index contributed by atoms with van der Waals surface area (Å²) in [6.07, 6.45) is 5.74. The molecule has 0 heterocycles.